The minimum atomic E-state index is 0. The van der Waals surface area contributed by atoms with E-state index in [0.717, 1.165) is 11.8 Å². The van der Waals surface area contributed by atoms with E-state index >= 15 is 0 Å². The van der Waals surface area contributed by atoms with Gasteiger partial charge in [0.2, 0.25) is 0 Å². The lowest BCUT2D eigenvalue weighted by Crippen LogP contribution is -2.27. The fourth-order valence-electron chi connectivity index (χ4n) is 2.42. The molecule has 0 aromatic rings. The van der Waals surface area contributed by atoms with E-state index in [0.29, 0.717) is 5.41 Å². The van der Waals surface area contributed by atoms with Crippen molar-refractivity contribution in [3.05, 3.63) is 12.2 Å². The number of allylic oxidation sites excluding steroid dienone is 1. The molecule has 1 saturated carbocycles. The normalized spacial score (nSPS) is 28.0. The molecule has 0 spiro atoms. The van der Waals surface area contributed by atoms with Gasteiger partial charge in [0.25, 0.3) is 0 Å². The monoisotopic (exact) mass is 196 g/mol. The van der Waals surface area contributed by atoms with Gasteiger partial charge in [0, 0.05) is 0 Å². The van der Waals surface area contributed by atoms with E-state index in [1.165, 1.54) is 31.3 Å². The Labute approximate surface area is 90.8 Å². The molecule has 0 radical (unpaired) electrons. The molecule has 0 aromatic heterocycles. The highest BCUT2D eigenvalue weighted by Gasteiger charge is 2.30. The van der Waals surface area contributed by atoms with Gasteiger partial charge < -0.3 is 0 Å². The van der Waals surface area contributed by atoms with E-state index in [9.17, 15) is 0 Å². The largest absolute Gasteiger partial charge is 0.0999 e. The van der Waals surface area contributed by atoms with Crippen molar-refractivity contribution in [1.29, 1.82) is 0 Å². The van der Waals surface area contributed by atoms with Crippen LogP contribution in [0.5, 0.6) is 0 Å². The number of hydrogen-bond acceptors (Lipinski definition) is 0. The molecule has 1 aliphatic carbocycles. The Morgan fingerprint density at radius 1 is 1.21 bits per heavy atom. The summed E-state index contributed by atoms with van der Waals surface area (Å²) in [5.41, 5.74) is 1.89. The summed E-state index contributed by atoms with van der Waals surface area (Å²) in [4.78, 5) is 0. The third kappa shape index (κ3) is 3.48. The first-order valence-electron chi connectivity index (χ1n) is 5.56. The Bertz CT molecular complexity index is 183. The van der Waals surface area contributed by atoms with E-state index in [1.807, 2.05) is 0 Å². The molecule has 1 aliphatic rings. The van der Waals surface area contributed by atoms with Crippen molar-refractivity contribution in [3.8, 4) is 0 Å². The average Bonchev–Trinajstić information content (AvgIpc) is 2.03. The van der Waals surface area contributed by atoms with Crippen LogP contribution in [0.15, 0.2) is 12.2 Å². The maximum atomic E-state index is 4.10. The standard InChI is InChI=1S/C13H24.CH4/c1-10(2)11-7-6-8-12(9-11)13(3,4)5;/h11-12H,1,6-9H2,2-5H3;1H4. The molecule has 0 saturated heterocycles. The summed E-state index contributed by atoms with van der Waals surface area (Å²) in [6.07, 6.45) is 5.58. The van der Waals surface area contributed by atoms with Crippen molar-refractivity contribution in [2.24, 2.45) is 17.3 Å². The molecule has 0 nitrogen and oxygen atoms in total. The molecule has 0 aromatic carbocycles. The summed E-state index contributed by atoms with van der Waals surface area (Å²) in [5, 5.41) is 0. The van der Waals surface area contributed by atoms with Gasteiger partial charge in [0.1, 0.15) is 0 Å². The second kappa shape index (κ2) is 5.00. The molecule has 84 valence electrons. The second-order valence-corrected chi connectivity index (χ2v) is 5.77. The zero-order valence-corrected chi connectivity index (χ0v) is 9.69. The summed E-state index contributed by atoms with van der Waals surface area (Å²) < 4.78 is 0. The van der Waals surface area contributed by atoms with Gasteiger partial charge in [-0.1, -0.05) is 46.8 Å². The van der Waals surface area contributed by atoms with Crippen molar-refractivity contribution < 1.29 is 0 Å². The predicted octanol–water partition coefficient (Wildman–Crippen LogP) is 5.05. The molecule has 0 amide bonds. The van der Waals surface area contributed by atoms with Crippen LogP contribution < -0.4 is 0 Å². The third-order valence-corrected chi connectivity index (χ3v) is 3.60. The average molecular weight is 196 g/mol. The first-order valence-corrected chi connectivity index (χ1v) is 5.56. The maximum absolute atomic E-state index is 4.10. The van der Waals surface area contributed by atoms with Gasteiger partial charge >= 0.3 is 0 Å². The molecule has 0 N–H and O–H groups in total. The summed E-state index contributed by atoms with van der Waals surface area (Å²) >= 11 is 0. The maximum Gasteiger partial charge on any atom is -0.0206 e. The SMILES string of the molecule is C.C=C(C)C1CCCC(C(C)(C)C)C1. The van der Waals surface area contributed by atoms with Crippen LogP contribution in [0.3, 0.4) is 0 Å². The highest BCUT2D eigenvalue weighted by atomic mass is 14.4. The molecule has 2 atom stereocenters. The zero-order valence-electron chi connectivity index (χ0n) is 9.69. The number of hydrogen-bond donors (Lipinski definition) is 0. The topological polar surface area (TPSA) is 0 Å². The van der Waals surface area contributed by atoms with E-state index in [-0.39, 0.29) is 7.43 Å². The highest BCUT2D eigenvalue weighted by molar-refractivity contribution is 4.99. The first-order chi connectivity index (χ1) is 5.91. The predicted molar refractivity (Wildman–Crippen MR) is 66.4 cm³/mol. The van der Waals surface area contributed by atoms with Crippen LogP contribution in [0.25, 0.3) is 0 Å². The van der Waals surface area contributed by atoms with Crippen LogP contribution >= 0.6 is 0 Å². The summed E-state index contributed by atoms with van der Waals surface area (Å²) in [7, 11) is 0. The van der Waals surface area contributed by atoms with Gasteiger partial charge in [-0.3, -0.25) is 0 Å². The van der Waals surface area contributed by atoms with Gasteiger partial charge in [-0.15, -0.1) is 0 Å². The molecule has 2 unspecified atom stereocenters. The quantitative estimate of drug-likeness (QED) is 0.515. The van der Waals surface area contributed by atoms with Crippen LogP contribution in [0.4, 0.5) is 0 Å². The van der Waals surface area contributed by atoms with Crippen LogP contribution in [0.2, 0.25) is 0 Å². The lowest BCUT2D eigenvalue weighted by atomic mass is 9.68. The van der Waals surface area contributed by atoms with Crippen molar-refractivity contribution in [3.63, 3.8) is 0 Å². The molecule has 1 fully saturated rings. The lowest BCUT2D eigenvalue weighted by Gasteiger charge is -2.38. The van der Waals surface area contributed by atoms with E-state index in [2.05, 4.69) is 34.3 Å². The fourth-order valence-corrected chi connectivity index (χ4v) is 2.42. The molecular formula is C14H28. The minimum Gasteiger partial charge on any atom is -0.0999 e. The van der Waals surface area contributed by atoms with Gasteiger partial charge in [-0.25, -0.2) is 0 Å². The Morgan fingerprint density at radius 2 is 1.79 bits per heavy atom. The van der Waals surface area contributed by atoms with E-state index in [4.69, 9.17) is 0 Å². The Balaban J connectivity index is 0.00000169. The third-order valence-electron chi connectivity index (χ3n) is 3.60. The molecule has 0 aliphatic heterocycles. The van der Waals surface area contributed by atoms with Crippen LogP contribution in [-0.2, 0) is 0 Å². The van der Waals surface area contributed by atoms with E-state index < -0.39 is 0 Å². The van der Waals surface area contributed by atoms with Crippen molar-refractivity contribution in [1.82, 2.24) is 0 Å². The highest BCUT2D eigenvalue weighted by Crippen LogP contribution is 2.41. The molecule has 14 heavy (non-hydrogen) atoms. The van der Waals surface area contributed by atoms with Gasteiger partial charge in [0.15, 0.2) is 0 Å². The zero-order chi connectivity index (χ0) is 10.1. The smallest absolute Gasteiger partial charge is 0.0206 e. The summed E-state index contributed by atoms with van der Waals surface area (Å²) in [5.74, 6) is 1.71. The van der Waals surface area contributed by atoms with Crippen molar-refractivity contribution >= 4 is 0 Å². The van der Waals surface area contributed by atoms with Gasteiger partial charge in [0.05, 0.1) is 0 Å². The van der Waals surface area contributed by atoms with Crippen LogP contribution in [0.1, 0.15) is 60.8 Å². The van der Waals surface area contributed by atoms with E-state index in [1.54, 1.807) is 0 Å². The molecular weight excluding hydrogens is 168 g/mol. The Hall–Kier alpha value is -0.260. The van der Waals surface area contributed by atoms with Gasteiger partial charge in [-0.05, 0) is 43.4 Å². The lowest BCUT2D eigenvalue weighted by molar-refractivity contribution is 0.154. The van der Waals surface area contributed by atoms with Crippen LogP contribution in [-0.4, -0.2) is 0 Å². The Kier molecular flexibility index (Phi) is 4.91. The molecule has 1 rings (SSSR count). The number of rotatable bonds is 1. The first kappa shape index (κ1) is 13.7. The molecule has 0 heterocycles. The van der Waals surface area contributed by atoms with Gasteiger partial charge in [-0.2, -0.15) is 0 Å². The molecule has 0 heteroatoms. The summed E-state index contributed by atoms with van der Waals surface area (Å²) in [6, 6.07) is 0. The van der Waals surface area contributed by atoms with Crippen LogP contribution in [0, 0.1) is 17.3 Å². The summed E-state index contributed by atoms with van der Waals surface area (Å²) in [6.45, 7) is 13.4. The second-order valence-electron chi connectivity index (χ2n) is 5.77. The molecule has 0 bridgehead atoms. The fraction of sp³-hybridized carbons (Fsp3) is 0.857. The van der Waals surface area contributed by atoms with Crippen molar-refractivity contribution in [2.75, 3.05) is 0 Å². The minimum absolute atomic E-state index is 0. The van der Waals surface area contributed by atoms with Crippen molar-refractivity contribution in [2.45, 2.75) is 60.8 Å². The Morgan fingerprint density at radius 3 is 2.21 bits per heavy atom.